The van der Waals surface area contributed by atoms with Crippen molar-refractivity contribution in [2.75, 3.05) is 12.3 Å². The van der Waals surface area contributed by atoms with Gasteiger partial charge in [-0.15, -0.1) is 0 Å². The van der Waals surface area contributed by atoms with Crippen molar-refractivity contribution in [3.05, 3.63) is 58.3 Å². The zero-order valence-electron chi connectivity index (χ0n) is 18.8. The van der Waals surface area contributed by atoms with E-state index in [0.29, 0.717) is 34.2 Å². The number of nitriles is 1. The number of rotatable bonds is 5. The minimum atomic E-state index is 0.118. The first-order valence-corrected chi connectivity index (χ1v) is 12.3. The molecule has 0 saturated carbocycles. The molecule has 1 aromatic heterocycles. The first kappa shape index (κ1) is 21.9. The summed E-state index contributed by atoms with van der Waals surface area (Å²) in [5.41, 5.74) is 5.82. The van der Waals surface area contributed by atoms with Crippen molar-refractivity contribution >= 4 is 17.7 Å². The van der Waals surface area contributed by atoms with Gasteiger partial charge in [0.05, 0.1) is 11.3 Å². The van der Waals surface area contributed by atoms with Gasteiger partial charge in [-0.05, 0) is 59.8 Å². The van der Waals surface area contributed by atoms with E-state index < -0.39 is 0 Å². The maximum absolute atomic E-state index is 12.9. The van der Waals surface area contributed by atoms with Crippen LogP contribution in [0.15, 0.2) is 35.4 Å². The minimum absolute atomic E-state index is 0.118. The van der Waals surface area contributed by atoms with Gasteiger partial charge in [0, 0.05) is 18.8 Å². The molecule has 0 spiro atoms. The van der Waals surface area contributed by atoms with Crippen LogP contribution in [0.2, 0.25) is 0 Å². The van der Waals surface area contributed by atoms with E-state index in [2.05, 4.69) is 45.0 Å². The summed E-state index contributed by atoms with van der Waals surface area (Å²) in [6, 6.07) is 12.7. The number of benzene rings is 1. The van der Waals surface area contributed by atoms with Crippen molar-refractivity contribution in [1.29, 1.82) is 5.26 Å². The number of fused-ring (bicyclic) bond motifs is 2. The number of nitrogens with zero attached hydrogens (tertiary/aromatic N) is 3. The topological polar surface area (TPSA) is 57.0 Å². The van der Waals surface area contributed by atoms with Gasteiger partial charge in [0.1, 0.15) is 11.1 Å². The Morgan fingerprint density at radius 1 is 1.26 bits per heavy atom. The van der Waals surface area contributed by atoms with Crippen molar-refractivity contribution < 1.29 is 4.79 Å². The molecule has 0 unspecified atom stereocenters. The fraction of sp³-hybridized carbons (Fsp3) is 0.500. The van der Waals surface area contributed by atoms with E-state index in [4.69, 9.17) is 4.98 Å². The lowest BCUT2D eigenvalue weighted by molar-refractivity contribution is -0.129. The third kappa shape index (κ3) is 4.65. The maximum atomic E-state index is 12.9. The molecule has 0 N–H and O–H groups in total. The predicted molar refractivity (Wildman–Crippen MR) is 125 cm³/mol. The van der Waals surface area contributed by atoms with Crippen molar-refractivity contribution in [2.45, 2.75) is 64.4 Å². The van der Waals surface area contributed by atoms with Gasteiger partial charge in [0.25, 0.3) is 0 Å². The smallest absolute Gasteiger partial charge is 0.233 e. The highest BCUT2D eigenvalue weighted by Crippen LogP contribution is 2.40. The van der Waals surface area contributed by atoms with Crippen LogP contribution < -0.4 is 0 Å². The van der Waals surface area contributed by atoms with Gasteiger partial charge in [-0.1, -0.05) is 63.2 Å². The van der Waals surface area contributed by atoms with Crippen LogP contribution in [0.3, 0.4) is 0 Å². The van der Waals surface area contributed by atoms with Crippen LogP contribution in [0.4, 0.5) is 0 Å². The quantitative estimate of drug-likeness (QED) is 0.610. The lowest BCUT2D eigenvalue weighted by Crippen LogP contribution is -2.37. The van der Waals surface area contributed by atoms with E-state index in [1.54, 1.807) is 0 Å². The number of carbonyl (C=O) groups is 1. The van der Waals surface area contributed by atoms with Gasteiger partial charge in [-0.3, -0.25) is 4.79 Å². The Balaban J connectivity index is 1.44. The van der Waals surface area contributed by atoms with Gasteiger partial charge in [0.2, 0.25) is 5.91 Å². The summed E-state index contributed by atoms with van der Waals surface area (Å²) in [7, 11) is 0. The Morgan fingerprint density at radius 3 is 2.77 bits per heavy atom. The molecular formula is C26H31N3OS. The van der Waals surface area contributed by atoms with Gasteiger partial charge in [-0.25, -0.2) is 4.98 Å². The molecule has 1 amide bonds. The molecule has 1 aromatic carbocycles. The van der Waals surface area contributed by atoms with E-state index in [1.165, 1.54) is 28.5 Å². The highest BCUT2D eigenvalue weighted by molar-refractivity contribution is 8.00. The molecular weight excluding hydrogens is 402 g/mol. The summed E-state index contributed by atoms with van der Waals surface area (Å²) in [6.45, 7) is 8.37. The van der Waals surface area contributed by atoms with Crippen LogP contribution in [-0.2, 0) is 30.6 Å². The molecule has 2 aromatic rings. The molecule has 5 heteroatoms. The largest absolute Gasteiger partial charge is 0.337 e. The second-order valence-electron chi connectivity index (χ2n) is 9.46. The summed E-state index contributed by atoms with van der Waals surface area (Å²) in [5.74, 6) is 1.07. The second-order valence-corrected chi connectivity index (χ2v) is 10.4. The third-order valence-electron chi connectivity index (χ3n) is 7.30. The Kier molecular flexibility index (Phi) is 6.39. The molecule has 2 aliphatic rings. The van der Waals surface area contributed by atoms with Crippen molar-refractivity contribution in [1.82, 2.24) is 9.88 Å². The standard InChI is InChI=1S/C26H31N3OS/c1-4-26(2,3)22-9-10-23-20(14-22)13-21(15-27)25(28-23)31-17-24(30)29-12-11-18-7-5-6-8-19(18)16-29/h5-8,13,22H,4,9-12,14,16-17H2,1-3H3/t22-/m0/s1. The number of pyridine rings is 1. The monoisotopic (exact) mass is 433 g/mol. The molecule has 0 saturated heterocycles. The predicted octanol–water partition coefficient (Wildman–Crippen LogP) is 5.17. The van der Waals surface area contributed by atoms with Crippen LogP contribution in [0, 0.1) is 22.7 Å². The number of amides is 1. The van der Waals surface area contributed by atoms with Crippen LogP contribution in [0.25, 0.3) is 0 Å². The van der Waals surface area contributed by atoms with Crippen LogP contribution in [0.5, 0.6) is 0 Å². The zero-order valence-corrected chi connectivity index (χ0v) is 19.6. The average molecular weight is 434 g/mol. The van der Waals surface area contributed by atoms with Crippen LogP contribution in [-0.4, -0.2) is 28.1 Å². The normalized spacial score (nSPS) is 18.1. The van der Waals surface area contributed by atoms with Gasteiger partial charge < -0.3 is 4.90 Å². The number of hydrogen-bond donors (Lipinski definition) is 0. The molecule has 162 valence electrons. The van der Waals surface area contributed by atoms with Crippen LogP contribution >= 0.6 is 11.8 Å². The Bertz CT molecular complexity index is 1020. The fourth-order valence-corrected chi connectivity index (χ4v) is 5.60. The van der Waals surface area contributed by atoms with Gasteiger partial charge in [0.15, 0.2) is 0 Å². The highest BCUT2D eigenvalue weighted by Gasteiger charge is 2.32. The molecule has 1 aliphatic heterocycles. The molecule has 4 nitrogen and oxygen atoms in total. The SMILES string of the molecule is CCC(C)(C)[C@H]1CCc2nc(SCC(=O)N3CCc4ccccc4C3)c(C#N)cc2C1. The van der Waals surface area contributed by atoms with Crippen molar-refractivity contribution in [3.8, 4) is 6.07 Å². The highest BCUT2D eigenvalue weighted by atomic mass is 32.2. The molecule has 4 rings (SSSR count). The Morgan fingerprint density at radius 2 is 2.03 bits per heavy atom. The van der Waals surface area contributed by atoms with E-state index >= 15 is 0 Å². The van der Waals surface area contributed by atoms with Crippen LogP contribution in [0.1, 0.15) is 61.6 Å². The number of aryl methyl sites for hydroxylation is 1. The molecule has 0 fully saturated rings. The summed E-state index contributed by atoms with van der Waals surface area (Å²) in [5, 5.41) is 10.4. The molecule has 0 bridgehead atoms. The van der Waals surface area contributed by atoms with Gasteiger partial charge >= 0.3 is 0 Å². The Hall–Kier alpha value is -2.32. The third-order valence-corrected chi connectivity index (χ3v) is 8.28. The first-order valence-electron chi connectivity index (χ1n) is 11.3. The van der Waals surface area contributed by atoms with Crippen molar-refractivity contribution in [3.63, 3.8) is 0 Å². The zero-order chi connectivity index (χ0) is 22.0. The van der Waals surface area contributed by atoms with E-state index in [-0.39, 0.29) is 5.91 Å². The summed E-state index contributed by atoms with van der Waals surface area (Å²) < 4.78 is 0. The van der Waals surface area contributed by atoms with E-state index in [9.17, 15) is 10.1 Å². The Labute approximate surface area is 190 Å². The average Bonchev–Trinajstić information content (AvgIpc) is 2.81. The molecule has 0 radical (unpaired) electrons. The first-order chi connectivity index (χ1) is 14.9. The lowest BCUT2D eigenvalue weighted by Gasteiger charge is -2.37. The second kappa shape index (κ2) is 9.04. The summed E-state index contributed by atoms with van der Waals surface area (Å²) in [4.78, 5) is 19.6. The number of thioether (sulfide) groups is 1. The van der Waals surface area contributed by atoms with E-state index in [0.717, 1.165) is 44.3 Å². The minimum Gasteiger partial charge on any atom is -0.337 e. The van der Waals surface area contributed by atoms with Crippen molar-refractivity contribution in [2.24, 2.45) is 11.3 Å². The molecule has 2 heterocycles. The van der Waals surface area contributed by atoms with Gasteiger partial charge in [-0.2, -0.15) is 5.26 Å². The molecule has 1 atom stereocenters. The maximum Gasteiger partial charge on any atom is 0.233 e. The molecule has 31 heavy (non-hydrogen) atoms. The number of hydrogen-bond acceptors (Lipinski definition) is 4. The molecule has 1 aliphatic carbocycles. The summed E-state index contributed by atoms with van der Waals surface area (Å²) in [6.07, 6.45) is 5.16. The fourth-order valence-electron chi connectivity index (χ4n) is 4.72. The number of aromatic nitrogens is 1. The van der Waals surface area contributed by atoms with E-state index in [1.807, 2.05) is 17.0 Å². The lowest BCUT2D eigenvalue weighted by atomic mass is 9.69. The summed E-state index contributed by atoms with van der Waals surface area (Å²) >= 11 is 1.41. The number of carbonyl (C=O) groups excluding carboxylic acids is 1.